The number of amides is 1. The molecule has 5 heteroatoms. The third-order valence-electron chi connectivity index (χ3n) is 3.90. The van der Waals surface area contributed by atoms with Gasteiger partial charge in [0, 0.05) is 11.8 Å². The first-order valence-corrected chi connectivity index (χ1v) is 7.61. The zero-order valence-electron chi connectivity index (χ0n) is 13.1. The molecule has 0 saturated heterocycles. The fraction of sp³-hybridized carbons (Fsp3) is 0.412. The molecule has 1 aromatic heterocycles. The minimum absolute atomic E-state index is 0.0417. The summed E-state index contributed by atoms with van der Waals surface area (Å²) >= 11 is 0. The first kappa shape index (κ1) is 16.2. The fourth-order valence-corrected chi connectivity index (χ4v) is 2.28. The highest BCUT2D eigenvalue weighted by atomic mass is 16.3. The number of carbonyl (C=O) groups excluding carboxylic acids is 1. The number of benzene rings is 1. The molecule has 2 aromatic rings. The Labute approximate surface area is 131 Å². The molecule has 1 amide bonds. The standard InChI is InChI=1S/C17H23N3O2/c1-3-13(2)16(11-21)19-17(22)10-20-9-15(18-12-20)14-7-5-4-6-8-14/h4-9,12-13,16,21H,3,10-11H2,1-2H3,(H,19,22)/t13-,16+/m1/s1. The zero-order chi connectivity index (χ0) is 15.9. The summed E-state index contributed by atoms with van der Waals surface area (Å²) in [6, 6.07) is 9.64. The topological polar surface area (TPSA) is 67.2 Å². The van der Waals surface area contributed by atoms with Crippen LogP contribution in [0.15, 0.2) is 42.9 Å². The van der Waals surface area contributed by atoms with E-state index in [-0.39, 0.29) is 31.0 Å². The van der Waals surface area contributed by atoms with Gasteiger partial charge in [-0.2, -0.15) is 0 Å². The van der Waals surface area contributed by atoms with E-state index in [1.807, 2.05) is 50.4 Å². The summed E-state index contributed by atoms with van der Waals surface area (Å²) < 4.78 is 1.75. The van der Waals surface area contributed by atoms with Crippen molar-refractivity contribution in [2.45, 2.75) is 32.9 Å². The summed E-state index contributed by atoms with van der Waals surface area (Å²) in [5.41, 5.74) is 1.86. The Hall–Kier alpha value is -2.14. The highest BCUT2D eigenvalue weighted by Gasteiger charge is 2.17. The van der Waals surface area contributed by atoms with Crippen molar-refractivity contribution in [3.63, 3.8) is 0 Å². The summed E-state index contributed by atoms with van der Waals surface area (Å²) in [6.45, 7) is 4.22. The molecule has 1 aromatic carbocycles. The van der Waals surface area contributed by atoms with E-state index in [0.29, 0.717) is 0 Å². The smallest absolute Gasteiger partial charge is 0.240 e. The Kier molecular flexibility index (Phi) is 5.72. The van der Waals surface area contributed by atoms with Crippen LogP contribution in [0.1, 0.15) is 20.3 Å². The summed E-state index contributed by atoms with van der Waals surface area (Å²) in [7, 11) is 0. The molecular weight excluding hydrogens is 278 g/mol. The molecule has 5 nitrogen and oxygen atoms in total. The van der Waals surface area contributed by atoms with Gasteiger partial charge in [-0.3, -0.25) is 4.79 Å². The molecular formula is C17H23N3O2. The van der Waals surface area contributed by atoms with Crippen molar-refractivity contribution in [2.24, 2.45) is 5.92 Å². The van der Waals surface area contributed by atoms with Crippen LogP contribution >= 0.6 is 0 Å². The maximum absolute atomic E-state index is 12.1. The number of nitrogens with one attached hydrogen (secondary N) is 1. The molecule has 118 valence electrons. The van der Waals surface area contributed by atoms with Crippen molar-refractivity contribution in [1.82, 2.24) is 14.9 Å². The van der Waals surface area contributed by atoms with Gasteiger partial charge >= 0.3 is 0 Å². The first-order chi connectivity index (χ1) is 10.6. The molecule has 0 radical (unpaired) electrons. The Morgan fingerprint density at radius 3 is 2.73 bits per heavy atom. The number of hydrogen-bond acceptors (Lipinski definition) is 3. The molecule has 0 unspecified atom stereocenters. The maximum atomic E-state index is 12.1. The van der Waals surface area contributed by atoms with Crippen LogP contribution in [0.5, 0.6) is 0 Å². The van der Waals surface area contributed by atoms with Crippen molar-refractivity contribution in [3.05, 3.63) is 42.9 Å². The number of aliphatic hydroxyl groups excluding tert-OH is 1. The molecule has 0 aliphatic carbocycles. The second kappa shape index (κ2) is 7.75. The van der Waals surface area contributed by atoms with E-state index in [0.717, 1.165) is 17.7 Å². The van der Waals surface area contributed by atoms with Gasteiger partial charge in [-0.1, -0.05) is 50.6 Å². The predicted molar refractivity (Wildman–Crippen MR) is 86.1 cm³/mol. The van der Waals surface area contributed by atoms with Gasteiger partial charge in [0.1, 0.15) is 6.54 Å². The van der Waals surface area contributed by atoms with Crippen LogP contribution in [0.3, 0.4) is 0 Å². The van der Waals surface area contributed by atoms with Crippen LogP contribution in [0.25, 0.3) is 11.3 Å². The summed E-state index contributed by atoms with van der Waals surface area (Å²) in [4.78, 5) is 16.4. The van der Waals surface area contributed by atoms with E-state index < -0.39 is 0 Å². The highest BCUT2D eigenvalue weighted by molar-refractivity contribution is 5.76. The fourth-order valence-electron chi connectivity index (χ4n) is 2.28. The molecule has 0 aliphatic rings. The van der Waals surface area contributed by atoms with Crippen molar-refractivity contribution in [3.8, 4) is 11.3 Å². The van der Waals surface area contributed by atoms with Crippen LogP contribution in [0.2, 0.25) is 0 Å². The summed E-state index contributed by atoms with van der Waals surface area (Å²) in [6.07, 6.45) is 4.42. The Morgan fingerprint density at radius 2 is 2.09 bits per heavy atom. The van der Waals surface area contributed by atoms with E-state index in [1.54, 1.807) is 10.9 Å². The molecule has 0 saturated carbocycles. The molecule has 2 rings (SSSR count). The average Bonchev–Trinajstić information content (AvgIpc) is 3.01. The Balaban J connectivity index is 1.96. The lowest BCUT2D eigenvalue weighted by molar-refractivity contribution is -0.123. The second-order valence-electron chi connectivity index (χ2n) is 5.54. The van der Waals surface area contributed by atoms with Crippen molar-refractivity contribution in [2.75, 3.05) is 6.61 Å². The van der Waals surface area contributed by atoms with Crippen molar-refractivity contribution >= 4 is 5.91 Å². The molecule has 1 heterocycles. The zero-order valence-corrected chi connectivity index (χ0v) is 13.1. The summed E-state index contributed by atoms with van der Waals surface area (Å²) in [5.74, 6) is 0.132. The number of aliphatic hydroxyl groups is 1. The van der Waals surface area contributed by atoms with E-state index >= 15 is 0 Å². The Morgan fingerprint density at radius 1 is 1.36 bits per heavy atom. The quantitative estimate of drug-likeness (QED) is 0.822. The van der Waals surface area contributed by atoms with Gasteiger partial charge in [0.15, 0.2) is 0 Å². The SMILES string of the molecule is CC[C@@H](C)[C@H](CO)NC(=O)Cn1cnc(-c2ccccc2)c1. The van der Waals surface area contributed by atoms with Crippen LogP contribution in [-0.4, -0.2) is 33.2 Å². The number of rotatable bonds is 7. The maximum Gasteiger partial charge on any atom is 0.240 e. The lowest BCUT2D eigenvalue weighted by atomic mass is 10.00. The van der Waals surface area contributed by atoms with Gasteiger partial charge in [-0.05, 0) is 5.92 Å². The molecule has 0 aliphatic heterocycles. The van der Waals surface area contributed by atoms with Crippen molar-refractivity contribution < 1.29 is 9.90 Å². The molecule has 22 heavy (non-hydrogen) atoms. The van der Waals surface area contributed by atoms with Crippen LogP contribution in [0, 0.1) is 5.92 Å². The van der Waals surface area contributed by atoms with Gasteiger partial charge < -0.3 is 15.0 Å². The minimum Gasteiger partial charge on any atom is -0.394 e. The molecule has 0 fully saturated rings. The monoisotopic (exact) mass is 301 g/mol. The number of aromatic nitrogens is 2. The average molecular weight is 301 g/mol. The molecule has 2 N–H and O–H groups in total. The van der Waals surface area contributed by atoms with E-state index in [4.69, 9.17) is 0 Å². The van der Waals surface area contributed by atoms with Crippen LogP contribution < -0.4 is 5.32 Å². The van der Waals surface area contributed by atoms with E-state index in [9.17, 15) is 9.90 Å². The van der Waals surface area contributed by atoms with E-state index in [1.165, 1.54) is 0 Å². The third kappa shape index (κ3) is 4.18. The third-order valence-corrected chi connectivity index (χ3v) is 3.90. The lowest BCUT2D eigenvalue weighted by Gasteiger charge is -2.22. The number of carbonyl (C=O) groups is 1. The molecule has 0 spiro atoms. The van der Waals surface area contributed by atoms with Crippen molar-refractivity contribution in [1.29, 1.82) is 0 Å². The normalized spacial score (nSPS) is 13.6. The number of imidazole rings is 1. The first-order valence-electron chi connectivity index (χ1n) is 7.61. The summed E-state index contributed by atoms with van der Waals surface area (Å²) in [5, 5.41) is 12.2. The van der Waals surface area contributed by atoms with Gasteiger partial charge in [0.25, 0.3) is 0 Å². The van der Waals surface area contributed by atoms with Gasteiger partial charge in [-0.25, -0.2) is 4.98 Å². The number of nitrogens with zero attached hydrogens (tertiary/aromatic N) is 2. The van der Waals surface area contributed by atoms with Crippen LogP contribution in [-0.2, 0) is 11.3 Å². The molecule has 2 atom stereocenters. The minimum atomic E-state index is -0.199. The highest BCUT2D eigenvalue weighted by Crippen LogP contribution is 2.15. The van der Waals surface area contributed by atoms with Gasteiger partial charge in [0.05, 0.1) is 24.7 Å². The van der Waals surface area contributed by atoms with Crippen LogP contribution in [0.4, 0.5) is 0 Å². The Bertz CT molecular complexity index is 595. The van der Waals surface area contributed by atoms with Gasteiger partial charge in [-0.15, -0.1) is 0 Å². The lowest BCUT2D eigenvalue weighted by Crippen LogP contribution is -2.43. The molecule has 0 bridgehead atoms. The van der Waals surface area contributed by atoms with Gasteiger partial charge in [0.2, 0.25) is 5.91 Å². The van der Waals surface area contributed by atoms with E-state index in [2.05, 4.69) is 10.3 Å². The number of hydrogen-bond donors (Lipinski definition) is 2. The largest absolute Gasteiger partial charge is 0.394 e. The predicted octanol–water partition coefficient (Wildman–Crippen LogP) is 2.07. The second-order valence-corrected chi connectivity index (χ2v) is 5.54.